The molecule has 0 saturated heterocycles. The maximum Gasteiger partial charge on any atom is 0.405 e. The van der Waals surface area contributed by atoms with Crippen LogP contribution in [0.15, 0.2) is 47.0 Å². The lowest BCUT2D eigenvalue weighted by atomic mass is 10.1. The third kappa shape index (κ3) is 5.07. The Kier molecular flexibility index (Phi) is 6.11. The summed E-state index contributed by atoms with van der Waals surface area (Å²) in [5.41, 5.74) is 3.13. The molecular formula is C18H14Cl3N3O3. The Hall–Kier alpha value is -2.41. The number of nitrogens with zero attached hydrogens (tertiary/aromatic N) is 1. The minimum absolute atomic E-state index is 0.0604. The SMILES string of the molecule is O=C(O)NCc1cc(-c2ccc(NCc3cc(Cl)cc(Cl)c3Cl)cc2)no1. The number of amides is 1. The number of benzene rings is 2. The number of anilines is 1. The smallest absolute Gasteiger partial charge is 0.405 e. The Morgan fingerprint density at radius 1 is 1.07 bits per heavy atom. The molecule has 3 N–H and O–H groups in total. The molecule has 0 saturated carbocycles. The summed E-state index contributed by atoms with van der Waals surface area (Å²) < 4.78 is 5.11. The normalized spacial score (nSPS) is 10.6. The molecule has 1 heterocycles. The molecule has 1 aromatic heterocycles. The zero-order valence-corrected chi connectivity index (χ0v) is 16.1. The number of nitrogens with one attached hydrogen (secondary N) is 2. The minimum atomic E-state index is -1.12. The van der Waals surface area contributed by atoms with Gasteiger partial charge in [0.25, 0.3) is 0 Å². The van der Waals surface area contributed by atoms with Crippen molar-refractivity contribution < 1.29 is 14.4 Å². The Bertz CT molecular complexity index is 958. The van der Waals surface area contributed by atoms with Crippen LogP contribution < -0.4 is 10.6 Å². The topological polar surface area (TPSA) is 87.4 Å². The van der Waals surface area contributed by atoms with Crippen molar-refractivity contribution in [3.63, 3.8) is 0 Å². The Morgan fingerprint density at radius 3 is 2.52 bits per heavy atom. The average molecular weight is 427 g/mol. The number of rotatable bonds is 6. The number of aromatic nitrogens is 1. The van der Waals surface area contributed by atoms with Gasteiger partial charge in [-0.2, -0.15) is 0 Å². The van der Waals surface area contributed by atoms with Crippen LogP contribution in [-0.2, 0) is 13.1 Å². The quantitative estimate of drug-likeness (QED) is 0.441. The number of hydrogen-bond acceptors (Lipinski definition) is 4. The first kappa shape index (κ1) is 19.4. The van der Waals surface area contributed by atoms with Crippen molar-refractivity contribution in [3.8, 4) is 11.3 Å². The van der Waals surface area contributed by atoms with Gasteiger partial charge >= 0.3 is 6.09 Å². The molecule has 0 atom stereocenters. The van der Waals surface area contributed by atoms with Crippen LogP contribution in [0.5, 0.6) is 0 Å². The second-order valence-corrected chi connectivity index (χ2v) is 6.85. The standard InChI is InChI=1S/C18H14Cl3N3O3/c19-12-5-11(17(21)15(20)6-12)8-22-13-3-1-10(2-4-13)16-7-14(27-24-16)9-23-18(25)26/h1-7,22-23H,8-9H2,(H,25,26). The summed E-state index contributed by atoms with van der Waals surface area (Å²) in [6.07, 6.45) is -1.12. The predicted molar refractivity (Wildman–Crippen MR) is 106 cm³/mol. The molecule has 0 spiro atoms. The first-order valence-corrected chi connectivity index (χ1v) is 8.96. The van der Waals surface area contributed by atoms with Crippen molar-refractivity contribution in [2.24, 2.45) is 0 Å². The van der Waals surface area contributed by atoms with Crippen molar-refractivity contribution in [2.45, 2.75) is 13.1 Å². The molecule has 0 bridgehead atoms. The first-order valence-electron chi connectivity index (χ1n) is 7.82. The van der Waals surface area contributed by atoms with Crippen LogP contribution >= 0.6 is 34.8 Å². The van der Waals surface area contributed by atoms with E-state index in [1.54, 1.807) is 18.2 Å². The monoisotopic (exact) mass is 425 g/mol. The van der Waals surface area contributed by atoms with Gasteiger partial charge in [-0.1, -0.05) is 52.1 Å². The van der Waals surface area contributed by atoms with E-state index in [2.05, 4.69) is 15.8 Å². The van der Waals surface area contributed by atoms with E-state index in [0.717, 1.165) is 16.8 Å². The van der Waals surface area contributed by atoms with Crippen molar-refractivity contribution in [3.05, 3.63) is 68.9 Å². The molecule has 0 radical (unpaired) electrons. The molecular weight excluding hydrogens is 413 g/mol. The Morgan fingerprint density at radius 2 is 1.81 bits per heavy atom. The van der Waals surface area contributed by atoms with Crippen LogP contribution in [0.25, 0.3) is 11.3 Å². The fraction of sp³-hybridized carbons (Fsp3) is 0.111. The second kappa shape index (κ2) is 8.52. The zero-order valence-electron chi connectivity index (χ0n) is 13.8. The minimum Gasteiger partial charge on any atom is -0.465 e. The third-order valence-electron chi connectivity index (χ3n) is 3.70. The van der Waals surface area contributed by atoms with Crippen molar-refractivity contribution in [1.82, 2.24) is 10.5 Å². The van der Waals surface area contributed by atoms with E-state index in [9.17, 15) is 4.79 Å². The molecule has 0 aliphatic heterocycles. The van der Waals surface area contributed by atoms with Crippen LogP contribution in [0, 0.1) is 0 Å². The van der Waals surface area contributed by atoms with Crippen LogP contribution in [0.4, 0.5) is 10.5 Å². The van der Waals surface area contributed by atoms with E-state index in [-0.39, 0.29) is 6.54 Å². The summed E-state index contributed by atoms with van der Waals surface area (Å²) in [6, 6.07) is 12.6. The highest BCUT2D eigenvalue weighted by Gasteiger charge is 2.09. The Labute approximate surface area is 170 Å². The van der Waals surface area contributed by atoms with Gasteiger partial charge in [-0.3, -0.25) is 0 Å². The molecule has 2 aromatic carbocycles. The fourth-order valence-corrected chi connectivity index (χ4v) is 3.10. The number of halogens is 3. The van der Waals surface area contributed by atoms with Gasteiger partial charge < -0.3 is 20.3 Å². The van der Waals surface area contributed by atoms with Gasteiger partial charge in [0.15, 0.2) is 5.76 Å². The highest BCUT2D eigenvalue weighted by Crippen LogP contribution is 2.30. The maximum atomic E-state index is 10.5. The summed E-state index contributed by atoms with van der Waals surface area (Å²) in [6.45, 7) is 0.526. The summed E-state index contributed by atoms with van der Waals surface area (Å²) in [5.74, 6) is 0.432. The highest BCUT2D eigenvalue weighted by molar-refractivity contribution is 6.43. The lowest BCUT2D eigenvalue weighted by Crippen LogP contribution is -2.19. The van der Waals surface area contributed by atoms with Gasteiger partial charge in [-0.05, 0) is 29.8 Å². The van der Waals surface area contributed by atoms with Gasteiger partial charge in [-0.25, -0.2) is 4.79 Å². The molecule has 0 fully saturated rings. The van der Waals surface area contributed by atoms with E-state index >= 15 is 0 Å². The third-order valence-corrected chi connectivity index (χ3v) is 4.76. The van der Waals surface area contributed by atoms with Gasteiger partial charge in [0.1, 0.15) is 5.69 Å². The van der Waals surface area contributed by atoms with Crippen molar-refractivity contribution in [2.75, 3.05) is 5.32 Å². The summed E-state index contributed by atoms with van der Waals surface area (Å²) in [4.78, 5) is 10.5. The van der Waals surface area contributed by atoms with E-state index in [1.165, 1.54) is 0 Å². The molecule has 1 amide bonds. The Balaban J connectivity index is 1.65. The van der Waals surface area contributed by atoms with Crippen LogP contribution in [0.3, 0.4) is 0 Å². The highest BCUT2D eigenvalue weighted by atomic mass is 35.5. The van der Waals surface area contributed by atoms with E-state index in [1.807, 2.05) is 24.3 Å². The van der Waals surface area contributed by atoms with Crippen molar-refractivity contribution >= 4 is 46.6 Å². The molecule has 0 aliphatic rings. The molecule has 27 heavy (non-hydrogen) atoms. The van der Waals surface area contributed by atoms with Crippen LogP contribution in [0.1, 0.15) is 11.3 Å². The first-order chi connectivity index (χ1) is 12.9. The summed E-state index contributed by atoms with van der Waals surface area (Å²) in [5, 5.41) is 19.4. The summed E-state index contributed by atoms with van der Waals surface area (Å²) in [7, 11) is 0. The average Bonchev–Trinajstić information content (AvgIpc) is 3.11. The fourth-order valence-electron chi connectivity index (χ4n) is 2.39. The number of hydrogen-bond donors (Lipinski definition) is 3. The molecule has 3 rings (SSSR count). The number of carbonyl (C=O) groups is 1. The largest absolute Gasteiger partial charge is 0.465 e. The van der Waals surface area contributed by atoms with E-state index < -0.39 is 6.09 Å². The lowest BCUT2D eigenvalue weighted by molar-refractivity contribution is 0.192. The van der Waals surface area contributed by atoms with E-state index in [4.69, 9.17) is 44.4 Å². The molecule has 9 heteroatoms. The van der Waals surface area contributed by atoms with Crippen LogP contribution in [0.2, 0.25) is 15.1 Å². The van der Waals surface area contributed by atoms with Gasteiger partial charge in [0.2, 0.25) is 0 Å². The molecule has 0 unspecified atom stereocenters. The van der Waals surface area contributed by atoms with Crippen LogP contribution in [-0.4, -0.2) is 16.4 Å². The molecule has 3 aromatic rings. The molecule has 6 nitrogen and oxygen atoms in total. The van der Waals surface area contributed by atoms with Gasteiger partial charge in [0.05, 0.1) is 16.6 Å². The van der Waals surface area contributed by atoms with Gasteiger partial charge in [0, 0.05) is 28.9 Å². The second-order valence-electron chi connectivity index (χ2n) is 5.63. The molecule has 140 valence electrons. The maximum absolute atomic E-state index is 10.5. The predicted octanol–water partition coefficient (Wildman–Crippen LogP) is 5.68. The lowest BCUT2D eigenvalue weighted by Gasteiger charge is -2.10. The molecule has 0 aliphatic carbocycles. The summed E-state index contributed by atoms with van der Waals surface area (Å²) >= 11 is 18.2. The van der Waals surface area contributed by atoms with Gasteiger partial charge in [-0.15, -0.1) is 0 Å². The zero-order chi connectivity index (χ0) is 19.4. The van der Waals surface area contributed by atoms with Crippen molar-refractivity contribution in [1.29, 1.82) is 0 Å². The van der Waals surface area contributed by atoms with E-state index in [0.29, 0.717) is 33.1 Å². The number of carboxylic acid groups (broad SMARTS) is 1.